The number of rotatable bonds is 2. The molecule has 0 unspecified atom stereocenters. The fourth-order valence-electron chi connectivity index (χ4n) is 9.62. The van der Waals surface area contributed by atoms with Gasteiger partial charge in [0.1, 0.15) is 11.2 Å². The maximum absolute atomic E-state index is 7.08. The Morgan fingerprint density at radius 2 is 0.673 bits per heavy atom. The molecule has 1 nitrogen and oxygen atoms in total. The van der Waals surface area contributed by atoms with Crippen LogP contribution in [-0.4, -0.2) is 0 Å². The van der Waals surface area contributed by atoms with Crippen LogP contribution in [-0.2, 0) is 0 Å². The van der Waals surface area contributed by atoms with Gasteiger partial charge in [-0.25, -0.2) is 0 Å². The van der Waals surface area contributed by atoms with E-state index < -0.39 is 0 Å². The zero-order chi connectivity index (χ0) is 37.4. The molecule has 0 fully saturated rings. The predicted octanol–water partition coefficient (Wildman–Crippen LogP) is 15.0. The van der Waals surface area contributed by atoms with E-state index in [1.54, 1.807) is 0 Å². The normalized spacial score (nSPS) is 12.1. The topological polar surface area (TPSA) is 13.1 Å². The summed E-state index contributed by atoms with van der Waals surface area (Å²) >= 11 is 0. The van der Waals surface area contributed by atoms with Crippen LogP contribution in [0.1, 0.15) is 83.5 Å². The standard InChI is InChI=1S/C51H52O/c1-23-25(3)32(10)43-41(30(23)8)47(40-21-20-38-18-16-17-19-39(38)22-40)42-31(9)24(2)26(4)33(11)44(42)48(43)45-34(12)29(7)37(15)51-49(45)46-35(13)27(5)28(6)36(14)50(46)52-51/h16-22H,1-15H3. The number of aryl methyl sites for hydroxylation is 7. The Morgan fingerprint density at radius 1 is 0.288 bits per heavy atom. The Morgan fingerprint density at radius 3 is 1.17 bits per heavy atom. The van der Waals surface area contributed by atoms with Crippen molar-refractivity contribution in [2.75, 3.05) is 0 Å². The number of hydrogen-bond acceptors (Lipinski definition) is 1. The summed E-state index contributed by atoms with van der Waals surface area (Å²) in [7, 11) is 0. The molecule has 0 atom stereocenters. The molecular weight excluding hydrogens is 629 g/mol. The molecule has 8 aromatic rings. The Balaban J connectivity index is 1.77. The van der Waals surface area contributed by atoms with Gasteiger partial charge in [-0.3, -0.25) is 0 Å². The summed E-state index contributed by atoms with van der Waals surface area (Å²) in [4.78, 5) is 0. The predicted molar refractivity (Wildman–Crippen MR) is 228 cm³/mol. The molecule has 0 amide bonds. The molecule has 0 aliphatic rings. The van der Waals surface area contributed by atoms with Crippen molar-refractivity contribution in [1.82, 2.24) is 0 Å². The molecule has 0 spiro atoms. The summed E-state index contributed by atoms with van der Waals surface area (Å²) in [6, 6.07) is 15.9. The van der Waals surface area contributed by atoms with Gasteiger partial charge < -0.3 is 4.42 Å². The van der Waals surface area contributed by atoms with E-state index in [0.717, 1.165) is 11.2 Å². The maximum Gasteiger partial charge on any atom is 0.139 e. The molecule has 0 saturated heterocycles. The van der Waals surface area contributed by atoms with Gasteiger partial charge in [0.05, 0.1) is 0 Å². The van der Waals surface area contributed by atoms with Crippen LogP contribution < -0.4 is 0 Å². The molecule has 1 heteroatoms. The number of furan rings is 1. The van der Waals surface area contributed by atoms with Crippen molar-refractivity contribution < 1.29 is 4.42 Å². The Kier molecular flexibility index (Phi) is 7.61. The molecular formula is C51H52O. The third-order valence-electron chi connectivity index (χ3n) is 14.1. The first-order valence-corrected chi connectivity index (χ1v) is 19.0. The Labute approximate surface area is 309 Å². The molecule has 52 heavy (non-hydrogen) atoms. The van der Waals surface area contributed by atoms with Crippen LogP contribution in [0.2, 0.25) is 0 Å². The first-order valence-electron chi connectivity index (χ1n) is 19.0. The zero-order valence-electron chi connectivity index (χ0n) is 33.9. The molecule has 0 bridgehead atoms. The average molecular weight is 681 g/mol. The van der Waals surface area contributed by atoms with Crippen LogP contribution in [0.3, 0.4) is 0 Å². The van der Waals surface area contributed by atoms with Crippen molar-refractivity contribution in [3.8, 4) is 22.3 Å². The molecule has 8 rings (SSSR count). The van der Waals surface area contributed by atoms with Crippen LogP contribution in [0.25, 0.3) is 76.5 Å². The lowest BCUT2D eigenvalue weighted by Gasteiger charge is -2.28. The zero-order valence-corrected chi connectivity index (χ0v) is 33.9. The highest BCUT2D eigenvalue weighted by Crippen LogP contribution is 2.54. The monoisotopic (exact) mass is 680 g/mol. The minimum atomic E-state index is 1.03. The van der Waals surface area contributed by atoms with Crippen molar-refractivity contribution in [2.45, 2.75) is 104 Å². The largest absolute Gasteiger partial charge is 0.455 e. The summed E-state index contributed by atoms with van der Waals surface area (Å²) in [5, 5.41) is 10.6. The SMILES string of the molecule is Cc1c(C)c(C)c2c(oc3c(C)c(C)c(C)c(-c4c5c(C)c(C)c(C)c(C)c5c(-c5ccc6ccccc6c5)c5c(C)c(C)c(C)c(C)c45)c32)c1C. The van der Waals surface area contributed by atoms with Crippen molar-refractivity contribution >= 4 is 54.3 Å². The molecule has 7 aromatic carbocycles. The van der Waals surface area contributed by atoms with Gasteiger partial charge in [-0.1, -0.05) is 36.4 Å². The van der Waals surface area contributed by atoms with Crippen LogP contribution in [0, 0.1) is 104 Å². The molecule has 1 aromatic heterocycles. The van der Waals surface area contributed by atoms with Gasteiger partial charge in [0.15, 0.2) is 0 Å². The van der Waals surface area contributed by atoms with Crippen LogP contribution >= 0.6 is 0 Å². The van der Waals surface area contributed by atoms with E-state index in [0.29, 0.717) is 0 Å². The van der Waals surface area contributed by atoms with E-state index in [4.69, 9.17) is 4.42 Å². The van der Waals surface area contributed by atoms with Gasteiger partial charge in [-0.2, -0.15) is 0 Å². The summed E-state index contributed by atoms with van der Waals surface area (Å²) in [5.74, 6) is 0. The van der Waals surface area contributed by atoms with Crippen molar-refractivity contribution in [1.29, 1.82) is 0 Å². The highest BCUT2D eigenvalue weighted by Gasteiger charge is 2.30. The summed E-state index contributed by atoms with van der Waals surface area (Å²) in [6.07, 6.45) is 0. The van der Waals surface area contributed by atoms with E-state index in [1.807, 2.05) is 0 Å². The van der Waals surface area contributed by atoms with E-state index in [2.05, 4.69) is 146 Å². The average Bonchev–Trinajstić information content (AvgIpc) is 3.54. The molecule has 0 aliphatic carbocycles. The summed E-state index contributed by atoms with van der Waals surface area (Å²) in [6.45, 7) is 34.8. The lowest BCUT2D eigenvalue weighted by molar-refractivity contribution is 0.661. The van der Waals surface area contributed by atoms with Gasteiger partial charge in [0, 0.05) is 10.8 Å². The van der Waals surface area contributed by atoms with Crippen molar-refractivity contribution in [3.63, 3.8) is 0 Å². The fourth-order valence-corrected chi connectivity index (χ4v) is 9.62. The third kappa shape index (κ3) is 4.29. The van der Waals surface area contributed by atoms with E-state index >= 15 is 0 Å². The number of hydrogen-bond donors (Lipinski definition) is 0. The van der Waals surface area contributed by atoms with Crippen LogP contribution in [0.15, 0.2) is 46.9 Å². The molecule has 1 heterocycles. The number of benzene rings is 7. The summed E-state index contributed by atoms with van der Waals surface area (Å²) in [5.41, 5.74) is 27.5. The third-order valence-corrected chi connectivity index (χ3v) is 14.1. The van der Waals surface area contributed by atoms with Gasteiger partial charge >= 0.3 is 0 Å². The smallest absolute Gasteiger partial charge is 0.139 e. The van der Waals surface area contributed by atoms with Crippen LogP contribution in [0.4, 0.5) is 0 Å². The first kappa shape index (κ1) is 34.2. The van der Waals surface area contributed by atoms with E-state index in [1.165, 1.54) is 149 Å². The minimum absolute atomic E-state index is 1.03. The van der Waals surface area contributed by atoms with Gasteiger partial charge in [-0.05, 0) is 248 Å². The molecule has 0 aliphatic heterocycles. The van der Waals surface area contributed by atoms with Crippen molar-refractivity contribution in [2.24, 2.45) is 0 Å². The second-order valence-corrected chi connectivity index (χ2v) is 16.1. The Bertz CT molecular complexity index is 2840. The van der Waals surface area contributed by atoms with Crippen molar-refractivity contribution in [3.05, 3.63) is 126 Å². The first-order chi connectivity index (χ1) is 24.6. The fraction of sp³-hybridized carbons (Fsp3) is 0.294. The second-order valence-electron chi connectivity index (χ2n) is 16.1. The van der Waals surface area contributed by atoms with Gasteiger partial charge in [0.2, 0.25) is 0 Å². The number of fused-ring (bicyclic) bond motifs is 6. The molecule has 262 valence electrons. The lowest BCUT2D eigenvalue weighted by atomic mass is 9.75. The minimum Gasteiger partial charge on any atom is -0.455 e. The quantitative estimate of drug-likeness (QED) is 0.166. The highest BCUT2D eigenvalue weighted by molar-refractivity contribution is 6.29. The molecule has 0 N–H and O–H groups in total. The van der Waals surface area contributed by atoms with Crippen LogP contribution in [0.5, 0.6) is 0 Å². The van der Waals surface area contributed by atoms with Gasteiger partial charge in [0.25, 0.3) is 0 Å². The lowest BCUT2D eigenvalue weighted by Crippen LogP contribution is -2.05. The maximum atomic E-state index is 7.08. The Hall–Kier alpha value is -4.88. The van der Waals surface area contributed by atoms with E-state index in [9.17, 15) is 0 Å². The summed E-state index contributed by atoms with van der Waals surface area (Å²) < 4.78 is 7.08. The van der Waals surface area contributed by atoms with E-state index in [-0.39, 0.29) is 0 Å². The molecule has 0 radical (unpaired) electrons. The second kappa shape index (κ2) is 11.6. The highest BCUT2D eigenvalue weighted by atomic mass is 16.3. The molecule has 0 saturated carbocycles. The van der Waals surface area contributed by atoms with Gasteiger partial charge in [-0.15, -0.1) is 0 Å².